The summed E-state index contributed by atoms with van der Waals surface area (Å²) in [7, 11) is 0. The van der Waals surface area contributed by atoms with E-state index in [1.807, 2.05) is 32.0 Å². The second kappa shape index (κ2) is 9.35. The van der Waals surface area contributed by atoms with Crippen molar-refractivity contribution < 1.29 is 14.3 Å². The first-order chi connectivity index (χ1) is 9.26. The van der Waals surface area contributed by atoms with Gasteiger partial charge in [-0.3, -0.25) is 4.79 Å². The summed E-state index contributed by atoms with van der Waals surface area (Å²) in [6, 6.07) is 7.33. The first-order valence-electron chi connectivity index (χ1n) is 6.57. The summed E-state index contributed by atoms with van der Waals surface area (Å²) in [5.41, 5.74) is 0.733. The zero-order valence-corrected chi connectivity index (χ0v) is 11.6. The SMILES string of the molecule is CCNCC(=O)Nc1cccc(OCCOCC)c1. The van der Waals surface area contributed by atoms with Gasteiger partial charge < -0.3 is 20.1 Å². The van der Waals surface area contributed by atoms with Gasteiger partial charge in [-0.15, -0.1) is 0 Å². The van der Waals surface area contributed by atoms with Crippen molar-refractivity contribution in [2.45, 2.75) is 13.8 Å². The molecule has 0 fully saturated rings. The summed E-state index contributed by atoms with van der Waals surface area (Å²) in [5, 5.41) is 5.78. The van der Waals surface area contributed by atoms with Gasteiger partial charge >= 0.3 is 0 Å². The van der Waals surface area contributed by atoms with Gasteiger partial charge in [-0.25, -0.2) is 0 Å². The zero-order chi connectivity index (χ0) is 13.9. The maximum absolute atomic E-state index is 11.5. The summed E-state index contributed by atoms with van der Waals surface area (Å²) in [4.78, 5) is 11.5. The van der Waals surface area contributed by atoms with Crippen LogP contribution in [-0.4, -0.2) is 38.8 Å². The van der Waals surface area contributed by atoms with Crippen LogP contribution in [0.2, 0.25) is 0 Å². The van der Waals surface area contributed by atoms with E-state index in [4.69, 9.17) is 9.47 Å². The molecule has 0 aliphatic heterocycles. The molecule has 0 aliphatic carbocycles. The number of amides is 1. The van der Waals surface area contributed by atoms with Crippen LogP contribution >= 0.6 is 0 Å². The molecule has 106 valence electrons. The molecule has 5 heteroatoms. The molecule has 0 saturated carbocycles. The van der Waals surface area contributed by atoms with E-state index < -0.39 is 0 Å². The fourth-order valence-corrected chi connectivity index (χ4v) is 1.47. The van der Waals surface area contributed by atoms with Crippen molar-refractivity contribution in [1.29, 1.82) is 0 Å². The Morgan fingerprint density at radius 1 is 1.26 bits per heavy atom. The van der Waals surface area contributed by atoms with Gasteiger partial charge in [0.2, 0.25) is 5.91 Å². The Hall–Kier alpha value is -1.59. The van der Waals surface area contributed by atoms with E-state index in [0.29, 0.717) is 26.4 Å². The van der Waals surface area contributed by atoms with Crippen LogP contribution in [0.5, 0.6) is 5.75 Å². The largest absolute Gasteiger partial charge is 0.491 e. The Morgan fingerprint density at radius 2 is 2.11 bits per heavy atom. The molecule has 0 unspecified atom stereocenters. The predicted molar refractivity (Wildman–Crippen MR) is 75.6 cm³/mol. The molecule has 0 aliphatic rings. The highest BCUT2D eigenvalue weighted by atomic mass is 16.5. The van der Waals surface area contributed by atoms with E-state index in [1.165, 1.54) is 0 Å². The molecule has 0 aromatic heterocycles. The molecular weight excluding hydrogens is 244 g/mol. The molecule has 0 atom stereocenters. The topological polar surface area (TPSA) is 59.6 Å². The highest BCUT2D eigenvalue weighted by molar-refractivity contribution is 5.92. The number of nitrogens with one attached hydrogen (secondary N) is 2. The van der Waals surface area contributed by atoms with Crippen LogP contribution in [0.3, 0.4) is 0 Å². The Kier molecular flexibility index (Phi) is 7.62. The van der Waals surface area contributed by atoms with E-state index in [2.05, 4.69) is 10.6 Å². The Morgan fingerprint density at radius 3 is 2.84 bits per heavy atom. The molecule has 1 aromatic rings. The van der Waals surface area contributed by atoms with E-state index in [9.17, 15) is 4.79 Å². The summed E-state index contributed by atoms with van der Waals surface area (Å²) < 4.78 is 10.7. The minimum atomic E-state index is -0.0617. The van der Waals surface area contributed by atoms with E-state index in [-0.39, 0.29) is 5.91 Å². The van der Waals surface area contributed by atoms with Crippen molar-refractivity contribution in [2.75, 3.05) is 38.2 Å². The number of hydrogen-bond acceptors (Lipinski definition) is 4. The predicted octanol–water partition coefficient (Wildman–Crippen LogP) is 1.65. The van der Waals surface area contributed by atoms with Gasteiger partial charge in [0.15, 0.2) is 0 Å². The fraction of sp³-hybridized carbons (Fsp3) is 0.500. The lowest BCUT2D eigenvalue weighted by atomic mass is 10.3. The third-order valence-electron chi connectivity index (χ3n) is 2.35. The Bertz CT molecular complexity index is 383. The summed E-state index contributed by atoms with van der Waals surface area (Å²) in [5.74, 6) is 0.661. The molecule has 0 spiro atoms. The maximum Gasteiger partial charge on any atom is 0.238 e. The van der Waals surface area contributed by atoms with Crippen LogP contribution in [0.4, 0.5) is 5.69 Å². The maximum atomic E-state index is 11.5. The zero-order valence-electron chi connectivity index (χ0n) is 11.6. The van der Waals surface area contributed by atoms with Gasteiger partial charge in [0.25, 0.3) is 0 Å². The van der Waals surface area contributed by atoms with E-state index in [1.54, 1.807) is 6.07 Å². The third kappa shape index (κ3) is 6.79. The van der Waals surface area contributed by atoms with Crippen molar-refractivity contribution >= 4 is 11.6 Å². The average Bonchev–Trinajstić information content (AvgIpc) is 2.42. The number of benzene rings is 1. The molecule has 5 nitrogen and oxygen atoms in total. The smallest absolute Gasteiger partial charge is 0.238 e. The molecule has 2 N–H and O–H groups in total. The lowest BCUT2D eigenvalue weighted by Crippen LogP contribution is -2.27. The van der Waals surface area contributed by atoms with Crippen LogP contribution in [0.1, 0.15) is 13.8 Å². The summed E-state index contributed by atoms with van der Waals surface area (Å²) in [6.45, 7) is 6.74. The molecular formula is C14H22N2O3. The van der Waals surface area contributed by atoms with Crippen molar-refractivity contribution in [3.05, 3.63) is 24.3 Å². The monoisotopic (exact) mass is 266 g/mol. The second-order valence-electron chi connectivity index (χ2n) is 3.90. The first kappa shape index (κ1) is 15.5. The lowest BCUT2D eigenvalue weighted by molar-refractivity contribution is -0.115. The van der Waals surface area contributed by atoms with E-state index in [0.717, 1.165) is 18.0 Å². The minimum Gasteiger partial charge on any atom is -0.491 e. The summed E-state index contributed by atoms with van der Waals surface area (Å²) >= 11 is 0. The first-order valence-corrected chi connectivity index (χ1v) is 6.57. The Balaban J connectivity index is 2.40. The van der Waals surface area contributed by atoms with Crippen LogP contribution in [-0.2, 0) is 9.53 Å². The van der Waals surface area contributed by atoms with Crippen molar-refractivity contribution in [3.8, 4) is 5.75 Å². The van der Waals surface area contributed by atoms with Gasteiger partial charge in [-0.2, -0.15) is 0 Å². The van der Waals surface area contributed by atoms with Gasteiger partial charge in [0.1, 0.15) is 12.4 Å². The molecule has 1 aromatic carbocycles. The van der Waals surface area contributed by atoms with Crippen LogP contribution in [0.25, 0.3) is 0 Å². The molecule has 1 rings (SSSR count). The van der Waals surface area contributed by atoms with Gasteiger partial charge in [0.05, 0.1) is 13.2 Å². The van der Waals surface area contributed by atoms with Crippen LogP contribution in [0, 0.1) is 0 Å². The van der Waals surface area contributed by atoms with Gasteiger partial charge in [-0.1, -0.05) is 13.0 Å². The van der Waals surface area contributed by atoms with Crippen molar-refractivity contribution in [1.82, 2.24) is 5.32 Å². The van der Waals surface area contributed by atoms with Gasteiger partial charge in [0, 0.05) is 18.4 Å². The number of rotatable bonds is 9. The standard InChI is InChI=1S/C14H22N2O3/c1-3-15-11-14(17)16-12-6-5-7-13(10-12)19-9-8-18-4-2/h5-7,10,15H,3-4,8-9,11H2,1-2H3,(H,16,17). The average molecular weight is 266 g/mol. The highest BCUT2D eigenvalue weighted by Gasteiger charge is 2.02. The Labute approximate surface area is 114 Å². The minimum absolute atomic E-state index is 0.0617. The molecule has 0 bridgehead atoms. The lowest BCUT2D eigenvalue weighted by Gasteiger charge is -2.09. The molecule has 19 heavy (non-hydrogen) atoms. The number of carbonyl (C=O) groups is 1. The van der Waals surface area contributed by atoms with Crippen molar-refractivity contribution in [3.63, 3.8) is 0 Å². The number of ether oxygens (including phenoxy) is 2. The van der Waals surface area contributed by atoms with Crippen LogP contribution < -0.4 is 15.4 Å². The second-order valence-corrected chi connectivity index (χ2v) is 3.90. The molecule has 0 radical (unpaired) electrons. The quantitative estimate of drug-likeness (QED) is 0.667. The molecule has 0 heterocycles. The van der Waals surface area contributed by atoms with Crippen molar-refractivity contribution in [2.24, 2.45) is 0 Å². The van der Waals surface area contributed by atoms with E-state index >= 15 is 0 Å². The summed E-state index contributed by atoms with van der Waals surface area (Å²) in [6.07, 6.45) is 0. The number of anilines is 1. The highest BCUT2D eigenvalue weighted by Crippen LogP contribution is 2.17. The van der Waals surface area contributed by atoms with Crippen LogP contribution in [0.15, 0.2) is 24.3 Å². The third-order valence-corrected chi connectivity index (χ3v) is 2.35. The van der Waals surface area contributed by atoms with Gasteiger partial charge in [-0.05, 0) is 25.6 Å². The molecule has 0 saturated heterocycles. The fourth-order valence-electron chi connectivity index (χ4n) is 1.47. The number of likely N-dealkylation sites (N-methyl/N-ethyl adjacent to an activating group) is 1. The number of hydrogen-bond donors (Lipinski definition) is 2. The normalized spacial score (nSPS) is 10.2. The molecule has 1 amide bonds. The number of carbonyl (C=O) groups excluding carboxylic acids is 1.